The minimum atomic E-state index is -0.182. The van der Waals surface area contributed by atoms with Crippen LogP contribution in [0.4, 0.5) is 4.39 Å². The third kappa shape index (κ3) is 3.67. The lowest BCUT2D eigenvalue weighted by Crippen LogP contribution is -2.14. The minimum absolute atomic E-state index is 0.182. The first-order valence-electron chi connectivity index (χ1n) is 7.18. The Labute approximate surface area is 120 Å². The molecule has 0 saturated heterocycles. The monoisotopic (exact) mass is 271 g/mol. The second-order valence-electron chi connectivity index (χ2n) is 5.35. The van der Waals surface area contributed by atoms with Crippen LogP contribution in [0.15, 0.2) is 36.4 Å². The number of benzene rings is 2. The summed E-state index contributed by atoms with van der Waals surface area (Å²) in [6.07, 6.45) is 1.10. The minimum Gasteiger partial charge on any atom is -0.313 e. The Morgan fingerprint density at radius 2 is 1.70 bits per heavy atom. The first-order chi connectivity index (χ1) is 9.60. The van der Waals surface area contributed by atoms with Gasteiger partial charge >= 0.3 is 0 Å². The highest BCUT2D eigenvalue weighted by Crippen LogP contribution is 2.27. The number of aryl methyl sites for hydroxylation is 2. The molecule has 2 aromatic carbocycles. The highest BCUT2D eigenvalue weighted by molar-refractivity contribution is 5.69. The van der Waals surface area contributed by atoms with Crippen molar-refractivity contribution in [2.24, 2.45) is 0 Å². The fourth-order valence-electron chi connectivity index (χ4n) is 2.50. The highest BCUT2D eigenvalue weighted by Gasteiger charge is 2.07. The molecule has 0 fully saturated rings. The van der Waals surface area contributed by atoms with Gasteiger partial charge in [-0.3, -0.25) is 0 Å². The van der Waals surface area contributed by atoms with Crippen LogP contribution in [0.2, 0.25) is 0 Å². The second kappa shape index (κ2) is 6.67. The molecule has 0 radical (unpaired) electrons. The van der Waals surface area contributed by atoms with E-state index in [1.54, 1.807) is 6.07 Å². The quantitative estimate of drug-likeness (QED) is 0.783. The summed E-state index contributed by atoms with van der Waals surface area (Å²) in [6, 6.07) is 11.4. The molecule has 20 heavy (non-hydrogen) atoms. The van der Waals surface area contributed by atoms with Gasteiger partial charge < -0.3 is 5.32 Å². The fraction of sp³-hybridized carbons (Fsp3) is 0.333. The summed E-state index contributed by atoms with van der Waals surface area (Å²) >= 11 is 0. The standard InChI is InChI=1S/C18H22FN/c1-4-7-20-12-15-5-6-17(19)11-18(15)16-9-13(2)8-14(3)10-16/h5-6,8-11,20H,4,7,12H2,1-3H3. The largest absolute Gasteiger partial charge is 0.313 e. The second-order valence-corrected chi connectivity index (χ2v) is 5.35. The average Bonchev–Trinajstić information content (AvgIpc) is 2.39. The van der Waals surface area contributed by atoms with Gasteiger partial charge in [-0.15, -0.1) is 0 Å². The van der Waals surface area contributed by atoms with Gasteiger partial charge in [-0.2, -0.15) is 0 Å². The van der Waals surface area contributed by atoms with Gasteiger partial charge in [0, 0.05) is 6.54 Å². The summed E-state index contributed by atoms with van der Waals surface area (Å²) in [7, 11) is 0. The van der Waals surface area contributed by atoms with Crippen LogP contribution in [0, 0.1) is 19.7 Å². The Hall–Kier alpha value is -1.67. The molecule has 0 atom stereocenters. The van der Waals surface area contributed by atoms with E-state index in [1.165, 1.54) is 17.2 Å². The van der Waals surface area contributed by atoms with E-state index in [0.29, 0.717) is 0 Å². The first-order valence-corrected chi connectivity index (χ1v) is 7.18. The van der Waals surface area contributed by atoms with E-state index in [-0.39, 0.29) is 5.82 Å². The SMILES string of the molecule is CCCNCc1ccc(F)cc1-c1cc(C)cc(C)c1. The van der Waals surface area contributed by atoms with Crippen LogP contribution in [0.1, 0.15) is 30.0 Å². The molecule has 1 N–H and O–H groups in total. The van der Waals surface area contributed by atoms with Gasteiger partial charge in [0.25, 0.3) is 0 Å². The lowest BCUT2D eigenvalue weighted by Gasteiger charge is -2.12. The normalized spacial score (nSPS) is 10.8. The summed E-state index contributed by atoms with van der Waals surface area (Å²) in [4.78, 5) is 0. The van der Waals surface area contributed by atoms with Crippen LogP contribution in [0.3, 0.4) is 0 Å². The molecule has 0 bridgehead atoms. The molecule has 0 unspecified atom stereocenters. The third-order valence-corrected chi connectivity index (χ3v) is 3.35. The predicted molar refractivity (Wildman–Crippen MR) is 83.3 cm³/mol. The van der Waals surface area contributed by atoms with Crippen molar-refractivity contribution >= 4 is 0 Å². The van der Waals surface area contributed by atoms with E-state index in [0.717, 1.165) is 36.2 Å². The van der Waals surface area contributed by atoms with Crippen LogP contribution >= 0.6 is 0 Å². The van der Waals surface area contributed by atoms with E-state index < -0.39 is 0 Å². The molecule has 0 aliphatic heterocycles. The Morgan fingerprint density at radius 3 is 2.35 bits per heavy atom. The Balaban J connectivity index is 2.40. The van der Waals surface area contributed by atoms with Crippen LogP contribution in [-0.4, -0.2) is 6.54 Å². The summed E-state index contributed by atoms with van der Waals surface area (Å²) in [6.45, 7) is 8.04. The van der Waals surface area contributed by atoms with Gasteiger partial charge in [-0.25, -0.2) is 4.39 Å². The lowest BCUT2D eigenvalue weighted by molar-refractivity contribution is 0.625. The molecule has 0 amide bonds. The Kier molecular flexibility index (Phi) is 4.91. The zero-order chi connectivity index (χ0) is 14.5. The number of halogens is 1. The zero-order valence-corrected chi connectivity index (χ0v) is 12.5. The van der Waals surface area contributed by atoms with Crippen LogP contribution in [-0.2, 0) is 6.54 Å². The molecule has 0 aliphatic rings. The highest BCUT2D eigenvalue weighted by atomic mass is 19.1. The van der Waals surface area contributed by atoms with Gasteiger partial charge in [0.15, 0.2) is 0 Å². The molecule has 106 valence electrons. The number of nitrogens with one attached hydrogen (secondary N) is 1. The van der Waals surface area contributed by atoms with E-state index in [9.17, 15) is 4.39 Å². The predicted octanol–water partition coefficient (Wildman–Crippen LogP) is 4.61. The molecule has 0 heterocycles. The van der Waals surface area contributed by atoms with Crippen LogP contribution in [0.5, 0.6) is 0 Å². The molecule has 0 aromatic heterocycles. The molecule has 1 nitrogen and oxygen atoms in total. The molecule has 2 rings (SSSR count). The molecule has 0 saturated carbocycles. The van der Waals surface area contributed by atoms with Crippen molar-refractivity contribution in [3.05, 3.63) is 58.9 Å². The van der Waals surface area contributed by atoms with Crippen molar-refractivity contribution in [2.45, 2.75) is 33.7 Å². The Bertz CT molecular complexity index is 570. The van der Waals surface area contributed by atoms with Gasteiger partial charge in [-0.05, 0) is 55.6 Å². The van der Waals surface area contributed by atoms with Crippen molar-refractivity contribution in [2.75, 3.05) is 6.54 Å². The molecular weight excluding hydrogens is 249 g/mol. The van der Waals surface area contributed by atoms with E-state index in [2.05, 4.69) is 44.3 Å². The van der Waals surface area contributed by atoms with Gasteiger partial charge in [0.1, 0.15) is 5.82 Å². The van der Waals surface area contributed by atoms with Crippen molar-refractivity contribution in [3.63, 3.8) is 0 Å². The molecule has 2 heteroatoms. The smallest absolute Gasteiger partial charge is 0.123 e. The lowest BCUT2D eigenvalue weighted by atomic mass is 9.96. The number of hydrogen-bond acceptors (Lipinski definition) is 1. The summed E-state index contributed by atoms with van der Waals surface area (Å²) < 4.78 is 13.6. The molecule has 0 aliphatic carbocycles. The fourth-order valence-corrected chi connectivity index (χ4v) is 2.50. The summed E-state index contributed by atoms with van der Waals surface area (Å²) in [5, 5.41) is 3.39. The summed E-state index contributed by atoms with van der Waals surface area (Å²) in [5.74, 6) is -0.182. The van der Waals surface area contributed by atoms with Gasteiger partial charge in [0.2, 0.25) is 0 Å². The van der Waals surface area contributed by atoms with Gasteiger partial charge in [0.05, 0.1) is 0 Å². The maximum atomic E-state index is 13.6. The number of rotatable bonds is 5. The summed E-state index contributed by atoms with van der Waals surface area (Å²) in [5.41, 5.74) is 5.63. The molecule has 2 aromatic rings. The Morgan fingerprint density at radius 1 is 1.00 bits per heavy atom. The van der Waals surface area contributed by atoms with E-state index in [4.69, 9.17) is 0 Å². The zero-order valence-electron chi connectivity index (χ0n) is 12.5. The number of hydrogen-bond donors (Lipinski definition) is 1. The van der Waals surface area contributed by atoms with E-state index >= 15 is 0 Å². The van der Waals surface area contributed by atoms with Crippen molar-refractivity contribution < 1.29 is 4.39 Å². The molecular formula is C18H22FN. The van der Waals surface area contributed by atoms with Crippen LogP contribution in [0.25, 0.3) is 11.1 Å². The maximum absolute atomic E-state index is 13.6. The van der Waals surface area contributed by atoms with Crippen LogP contribution < -0.4 is 5.32 Å². The molecule has 0 spiro atoms. The maximum Gasteiger partial charge on any atom is 0.123 e. The third-order valence-electron chi connectivity index (χ3n) is 3.35. The van der Waals surface area contributed by atoms with Crippen molar-refractivity contribution in [3.8, 4) is 11.1 Å². The van der Waals surface area contributed by atoms with Crippen molar-refractivity contribution in [1.82, 2.24) is 5.32 Å². The topological polar surface area (TPSA) is 12.0 Å². The van der Waals surface area contributed by atoms with E-state index in [1.807, 2.05) is 6.07 Å². The van der Waals surface area contributed by atoms with Gasteiger partial charge in [-0.1, -0.05) is 42.3 Å². The van der Waals surface area contributed by atoms with Crippen molar-refractivity contribution in [1.29, 1.82) is 0 Å². The first kappa shape index (κ1) is 14.7. The average molecular weight is 271 g/mol.